The summed E-state index contributed by atoms with van der Waals surface area (Å²) >= 11 is 0. The van der Waals surface area contributed by atoms with Gasteiger partial charge in [-0.1, -0.05) is 6.07 Å². The van der Waals surface area contributed by atoms with E-state index < -0.39 is 29.2 Å². The highest BCUT2D eigenvalue weighted by Crippen LogP contribution is 2.21. The molecule has 0 saturated carbocycles. The molecule has 1 aliphatic heterocycles. The molecule has 2 amide bonds. The summed E-state index contributed by atoms with van der Waals surface area (Å²) in [7, 11) is 0. The van der Waals surface area contributed by atoms with Crippen molar-refractivity contribution in [1.29, 1.82) is 0 Å². The number of nitrogens with zero attached hydrogens (tertiary/aromatic N) is 5. The summed E-state index contributed by atoms with van der Waals surface area (Å²) < 4.78 is 40.2. The van der Waals surface area contributed by atoms with Crippen LogP contribution in [0.3, 0.4) is 0 Å². The number of nitrogens with one attached hydrogen (secondary N) is 2. The van der Waals surface area contributed by atoms with Crippen LogP contribution in [0.25, 0.3) is 0 Å². The fourth-order valence-electron chi connectivity index (χ4n) is 3.11. The number of anilines is 4. The van der Waals surface area contributed by atoms with E-state index in [1.807, 2.05) is 23.1 Å². The zero-order chi connectivity index (χ0) is 21.8. The third-order valence-corrected chi connectivity index (χ3v) is 4.74. The topological polar surface area (TPSA) is 86.3 Å². The van der Waals surface area contributed by atoms with Gasteiger partial charge in [-0.25, -0.2) is 32.9 Å². The Hall–Kier alpha value is -3.89. The normalized spacial score (nSPS) is 13.8. The molecule has 1 saturated heterocycles. The standard InChI is InChI=1S/C20H18F3N7O/c21-13-4-5-14(19(23)18(13)22)27-20(31)30-9-7-29(8-10-30)17-11-16(25-12-26-17)28-15-3-1-2-6-24-15/h1-6,11-12H,7-10H2,(H,27,31)(H,24,25,26,28). The van der Waals surface area contributed by atoms with Gasteiger partial charge in [-0.05, 0) is 24.3 Å². The van der Waals surface area contributed by atoms with E-state index in [1.165, 1.54) is 11.2 Å². The lowest BCUT2D eigenvalue weighted by Gasteiger charge is -2.35. The highest BCUT2D eigenvalue weighted by Gasteiger charge is 2.24. The number of piperazine rings is 1. The van der Waals surface area contributed by atoms with Gasteiger partial charge in [0.1, 0.15) is 23.8 Å². The third kappa shape index (κ3) is 4.65. The number of pyridine rings is 1. The Labute approximate surface area is 175 Å². The van der Waals surface area contributed by atoms with E-state index in [-0.39, 0.29) is 0 Å². The lowest BCUT2D eigenvalue weighted by atomic mass is 10.2. The van der Waals surface area contributed by atoms with Gasteiger partial charge >= 0.3 is 6.03 Å². The van der Waals surface area contributed by atoms with Gasteiger partial charge in [0.2, 0.25) is 0 Å². The van der Waals surface area contributed by atoms with Crippen molar-refractivity contribution in [3.8, 4) is 0 Å². The first kappa shape index (κ1) is 20.4. The lowest BCUT2D eigenvalue weighted by Crippen LogP contribution is -2.50. The maximum Gasteiger partial charge on any atom is 0.322 e. The number of hydrogen-bond donors (Lipinski definition) is 2. The highest BCUT2D eigenvalue weighted by atomic mass is 19.2. The van der Waals surface area contributed by atoms with Crippen molar-refractivity contribution in [1.82, 2.24) is 19.9 Å². The molecule has 3 aromatic rings. The Morgan fingerprint density at radius 1 is 0.903 bits per heavy atom. The molecule has 160 valence electrons. The Morgan fingerprint density at radius 2 is 1.71 bits per heavy atom. The molecule has 0 bridgehead atoms. The minimum Gasteiger partial charge on any atom is -0.353 e. The molecule has 2 N–H and O–H groups in total. The fraction of sp³-hybridized carbons (Fsp3) is 0.200. The van der Waals surface area contributed by atoms with Crippen LogP contribution in [0.4, 0.5) is 41.1 Å². The number of benzene rings is 1. The molecule has 0 spiro atoms. The van der Waals surface area contributed by atoms with E-state index in [0.29, 0.717) is 43.6 Å². The van der Waals surface area contributed by atoms with Gasteiger partial charge in [-0.3, -0.25) is 0 Å². The maximum atomic E-state index is 13.8. The zero-order valence-corrected chi connectivity index (χ0v) is 16.2. The number of hydrogen-bond acceptors (Lipinski definition) is 6. The molecule has 1 aliphatic rings. The fourth-order valence-corrected chi connectivity index (χ4v) is 3.11. The molecule has 0 unspecified atom stereocenters. The Kier molecular flexibility index (Phi) is 5.83. The van der Waals surface area contributed by atoms with Gasteiger partial charge < -0.3 is 20.4 Å². The van der Waals surface area contributed by atoms with Crippen molar-refractivity contribution in [3.05, 3.63) is 66.4 Å². The molecule has 31 heavy (non-hydrogen) atoms. The van der Waals surface area contributed by atoms with Crippen molar-refractivity contribution < 1.29 is 18.0 Å². The maximum absolute atomic E-state index is 13.8. The molecule has 0 radical (unpaired) electrons. The minimum atomic E-state index is -1.62. The van der Waals surface area contributed by atoms with Gasteiger partial charge in [0.05, 0.1) is 5.69 Å². The summed E-state index contributed by atoms with van der Waals surface area (Å²) in [6.07, 6.45) is 3.10. The third-order valence-electron chi connectivity index (χ3n) is 4.74. The van der Waals surface area contributed by atoms with Crippen LogP contribution in [0.2, 0.25) is 0 Å². The number of amides is 2. The Morgan fingerprint density at radius 3 is 2.45 bits per heavy atom. The molecule has 2 aromatic heterocycles. The van der Waals surface area contributed by atoms with E-state index in [4.69, 9.17) is 0 Å². The summed E-state index contributed by atoms with van der Waals surface area (Å²) in [6.45, 7) is 1.63. The quantitative estimate of drug-likeness (QED) is 0.619. The predicted molar refractivity (Wildman–Crippen MR) is 109 cm³/mol. The second-order valence-electron chi connectivity index (χ2n) is 6.73. The molecule has 1 fully saturated rings. The molecule has 0 atom stereocenters. The van der Waals surface area contributed by atoms with Crippen molar-refractivity contribution in [2.75, 3.05) is 41.7 Å². The van der Waals surface area contributed by atoms with Crippen LogP contribution in [-0.2, 0) is 0 Å². The van der Waals surface area contributed by atoms with Crippen molar-refractivity contribution in [3.63, 3.8) is 0 Å². The number of urea groups is 1. The summed E-state index contributed by atoms with van der Waals surface area (Å²) in [5.41, 5.74) is -0.410. The molecular formula is C20H18F3N7O. The van der Waals surface area contributed by atoms with Crippen LogP contribution in [0.15, 0.2) is 48.9 Å². The second kappa shape index (κ2) is 8.86. The van der Waals surface area contributed by atoms with Crippen LogP contribution in [0.1, 0.15) is 0 Å². The predicted octanol–water partition coefficient (Wildman–Crippen LogP) is 3.39. The molecular weight excluding hydrogens is 411 g/mol. The summed E-state index contributed by atoms with van der Waals surface area (Å²) in [5, 5.41) is 5.38. The summed E-state index contributed by atoms with van der Waals surface area (Å²) in [5.74, 6) is -2.45. The van der Waals surface area contributed by atoms with Crippen molar-refractivity contribution >= 4 is 29.2 Å². The van der Waals surface area contributed by atoms with Gasteiger partial charge in [0.25, 0.3) is 0 Å². The van der Waals surface area contributed by atoms with E-state index in [9.17, 15) is 18.0 Å². The highest BCUT2D eigenvalue weighted by molar-refractivity contribution is 5.89. The number of carbonyl (C=O) groups excluding carboxylic acids is 1. The van der Waals surface area contributed by atoms with E-state index in [2.05, 4.69) is 25.6 Å². The van der Waals surface area contributed by atoms with Crippen LogP contribution >= 0.6 is 0 Å². The van der Waals surface area contributed by atoms with Gasteiger partial charge in [-0.2, -0.15) is 0 Å². The first-order valence-electron chi connectivity index (χ1n) is 9.46. The van der Waals surface area contributed by atoms with Gasteiger partial charge in [0.15, 0.2) is 17.5 Å². The lowest BCUT2D eigenvalue weighted by molar-refractivity contribution is 0.208. The van der Waals surface area contributed by atoms with Crippen LogP contribution in [0, 0.1) is 17.5 Å². The first-order chi connectivity index (χ1) is 15.0. The molecule has 11 heteroatoms. The monoisotopic (exact) mass is 429 g/mol. The summed E-state index contributed by atoms with van der Waals surface area (Å²) in [6, 6.07) is 8.41. The van der Waals surface area contributed by atoms with Crippen molar-refractivity contribution in [2.45, 2.75) is 0 Å². The largest absolute Gasteiger partial charge is 0.353 e. The smallest absolute Gasteiger partial charge is 0.322 e. The van der Waals surface area contributed by atoms with Crippen LogP contribution in [0.5, 0.6) is 0 Å². The number of aromatic nitrogens is 3. The molecule has 8 nitrogen and oxygen atoms in total. The van der Waals surface area contributed by atoms with Gasteiger partial charge in [0, 0.05) is 38.4 Å². The molecule has 1 aromatic carbocycles. The van der Waals surface area contributed by atoms with Crippen molar-refractivity contribution in [2.24, 2.45) is 0 Å². The summed E-state index contributed by atoms with van der Waals surface area (Å²) in [4.78, 5) is 28.5. The van der Waals surface area contributed by atoms with E-state index >= 15 is 0 Å². The molecule has 3 heterocycles. The molecule has 0 aliphatic carbocycles. The average Bonchev–Trinajstić information content (AvgIpc) is 2.80. The number of carbonyl (C=O) groups is 1. The minimum absolute atomic E-state index is 0.337. The Bertz CT molecular complexity index is 1080. The number of rotatable bonds is 4. The van der Waals surface area contributed by atoms with Gasteiger partial charge in [-0.15, -0.1) is 0 Å². The Balaban J connectivity index is 1.36. The van der Waals surface area contributed by atoms with Crippen LogP contribution < -0.4 is 15.5 Å². The van der Waals surface area contributed by atoms with Crippen LogP contribution in [-0.4, -0.2) is 52.1 Å². The van der Waals surface area contributed by atoms with E-state index in [1.54, 1.807) is 12.3 Å². The average molecular weight is 429 g/mol. The first-order valence-corrected chi connectivity index (χ1v) is 9.46. The molecule has 4 rings (SSSR count). The second-order valence-corrected chi connectivity index (χ2v) is 6.73. The number of halogens is 3. The SMILES string of the molecule is O=C(Nc1ccc(F)c(F)c1F)N1CCN(c2cc(Nc3ccccn3)ncn2)CC1. The van der Waals surface area contributed by atoms with E-state index in [0.717, 1.165) is 12.1 Å². The zero-order valence-electron chi connectivity index (χ0n) is 16.2.